The highest BCUT2D eigenvalue weighted by Gasteiger charge is 2.17. The van der Waals surface area contributed by atoms with Crippen molar-refractivity contribution in [1.29, 1.82) is 0 Å². The molecular formula is C8H15N5. The number of aromatic nitrogens is 4. The first-order chi connectivity index (χ1) is 5.95. The van der Waals surface area contributed by atoms with E-state index in [-0.39, 0.29) is 5.54 Å². The van der Waals surface area contributed by atoms with Crippen molar-refractivity contribution in [2.24, 2.45) is 5.73 Å². The molecule has 0 spiro atoms. The van der Waals surface area contributed by atoms with Gasteiger partial charge in [0.15, 0.2) is 0 Å². The minimum atomic E-state index is -0.153. The average molecular weight is 181 g/mol. The number of rotatable bonds is 2. The molecule has 0 aliphatic carbocycles. The molecule has 5 heteroatoms. The zero-order chi connectivity index (χ0) is 10.1. The van der Waals surface area contributed by atoms with Gasteiger partial charge in [0.2, 0.25) is 5.82 Å². The number of hydrogen-bond acceptors (Lipinski definition) is 4. The van der Waals surface area contributed by atoms with E-state index in [0.717, 1.165) is 0 Å². The fourth-order valence-electron chi connectivity index (χ4n) is 0.731. The molecule has 5 nitrogen and oxygen atoms in total. The van der Waals surface area contributed by atoms with Crippen LogP contribution in [0.2, 0.25) is 0 Å². The Morgan fingerprint density at radius 3 is 2.54 bits per heavy atom. The zero-order valence-electron chi connectivity index (χ0n) is 8.28. The molecule has 1 aromatic heterocycles. The van der Waals surface area contributed by atoms with E-state index in [0.29, 0.717) is 17.9 Å². The molecule has 0 aliphatic rings. The van der Waals surface area contributed by atoms with Crippen LogP contribution in [-0.4, -0.2) is 26.8 Å². The molecule has 72 valence electrons. The van der Waals surface area contributed by atoms with Crippen molar-refractivity contribution in [1.82, 2.24) is 20.2 Å². The molecule has 2 N–H and O–H groups in total. The van der Waals surface area contributed by atoms with Crippen molar-refractivity contribution in [3.63, 3.8) is 0 Å². The van der Waals surface area contributed by atoms with Gasteiger partial charge in [0, 0.05) is 12.1 Å². The lowest BCUT2D eigenvalue weighted by Gasteiger charge is -2.15. The van der Waals surface area contributed by atoms with Crippen LogP contribution in [0, 0.1) is 0 Å². The van der Waals surface area contributed by atoms with Crippen molar-refractivity contribution in [2.45, 2.75) is 26.3 Å². The third kappa shape index (κ3) is 2.12. The number of tetrazole rings is 1. The second kappa shape index (κ2) is 3.26. The van der Waals surface area contributed by atoms with Crippen LogP contribution in [0.4, 0.5) is 0 Å². The Balaban J connectivity index is 2.93. The van der Waals surface area contributed by atoms with Crippen LogP contribution in [0.25, 0.3) is 5.57 Å². The summed E-state index contributed by atoms with van der Waals surface area (Å²) in [5.41, 5.74) is 5.96. The molecule has 0 amide bonds. The molecule has 0 aromatic carbocycles. The summed E-state index contributed by atoms with van der Waals surface area (Å²) in [4.78, 5) is 1.56. The van der Waals surface area contributed by atoms with Gasteiger partial charge in [0.1, 0.15) is 0 Å². The fraction of sp³-hybridized carbons (Fsp3) is 0.625. The van der Waals surface area contributed by atoms with Gasteiger partial charge in [-0.1, -0.05) is 6.58 Å². The summed E-state index contributed by atoms with van der Waals surface area (Å²) >= 11 is 0. The van der Waals surface area contributed by atoms with Crippen molar-refractivity contribution in [2.75, 3.05) is 6.54 Å². The summed E-state index contributed by atoms with van der Waals surface area (Å²) in [7, 11) is 0. The summed E-state index contributed by atoms with van der Waals surface area (Å²) in [6, 6.07) is 0. The summed E-state index contributed by atoms with van der Waals surface area (Å²) in [5, 5.41) is 11.9. The second-order valence-corrected chi connectivity index (χ2v) is 3.88. The molecule has 0 aliphatic heterocycles. The highest BCUT2D eigenvalue weighted by molar-refractivity contribution is 5.57. The van der Waals surface area contributed by atoms with Gasteiger partial charge in [0.25, 0.3) is 0 Å². The van der Waals surface area contributed by atoms with Crippen LogP contribution in [0.1, 0.15) is 26.6 Å². The molecule has 0 fully saturated rings. The highest BCUT2D eigenvalue weighted by atomic mass is 15.6. The predicted molar refractivity (Wildman–Crippen MR) is 50.9 cm³/mol. The predicted octanol–water partition coefficient (Wildman–Crippen LogP) is 0.400. The van der Waals surface area contributed by atoms with E-state index in [4.69, 9.17) is 5.73 Å². The van der Waals surface area contributed by atoms with Gasteiger partial charge in [0.05, 0.1) is 5.54 Å². The van der Waals surface area contributed by atoms with Crippen LogP contribution in [0.3, 0.4) is 0 Å². The first-order valence-electron chi connectivity index (χ1n) is 4.14. The molecule has 0 unspecified atom stereocenters. The second-order valence-electron chi connectivity index (χ2n) is 3.88. The van der Waals surface area contributed by atoms with E-state index in [9.17, 15) is 0 Å². The van der Waals surface area contributed by atoms with Gasteiger partial charge in [-0.3, -0.25) is 0 Å². The zero-order valence-corrected chi connectivity index (χ0v) is 8.28. The van der Waals surface area contributed by atoms with Crippen molar-refractivity contribution < 1.29 is 0 Å². The van der Waals surface area contributed by atoms with Crippen LogP contribution in [0.15, 0.2) is 6.58 Å². The van der Waals surface area contributed by atoms with Gasteiger partial charge >= 0.3 is 0 Å². The number of nitrogens with two attached hydrogens (primary N) is 1. The third-order valence-corrected chi connectivity index (χ3v) is 1.58. The average Bonchev–Trinajstić information content (AvgIpc) is 2.50. The monoisotopic (exact) mass is 181 g/mol. The van der Waals surface area contributed by atoms with Gasteiger partial charge in [-0.05, 0) is 26.0 Å². The van der Waals surface area contributed by atoms with Crippen LogP contribution < -0.4 is 5.73 Å². The Kier molecular flexibility index (Phi) is 2.47. The molecule has 0 saturated heterocycles. The Morgan fingerprint density at radius 2 is 2.15 bits per heavy atom. The molecule has 13 heavy (non-hydrogen) atoms. The van der Waals surface area contributed by atoms with Crippen LogP contribution in [0.5, 0.6) is 0 Å². The van der Waals surface area contributed by atoms with E-state index in [2.05, 4.69) is 22.0 Å². The molecule has 1 aromatic rings. The Labute approximate surface area is 77.6 Å². The Morgan fingerprint density at radius 1 is 1.54 bits per heavy atom. The van der Waals surface area contributed by atoms with E-state index in [1.54, 1.807) is 4.80 Å². The van der Waals surface area contributed by atoms with E-state index < -0.39 is 0 Å². The molecule has 0 radical (unpaired) electrons. The Bertz CT molecular complexity index is 307. The summed E-state index contributed by atoms with van der Waals surface area (Å²) in [5.74, 6) is 0.525. The summed E-state index contributed by atoms with van der Waals surface area (Å²) in [6.45, 7) is 10.1. The molecule has 1 rings (SSSR count). The van der Waals surface area contributed by atoms with Crippen LogP contribution >= 0.6 is 0 Å². The lowest BCUT2D eigenvalue weighted by atomic mass is 10.1. The van der Waals surface area contributed by atoms with Gasteiger partial charge in [-0.15, -0.1) is 10.2 Å². The smallest absolute Gasteiger partial charge is 0.201 e. The van der Waals surface area contributed by atoms with Crippen molar-refractivity contribution >= 4 is 5.57 Å². The minimum absolute atomic E-state index is 0.153. The normalized spacial score (nSPS) is 11.7. The molecule has 1 heterocycles. The lowest BCUT2D eigenvalue weighted by molar-refractivity contribution is 0.306. The van der Waals surface area contributed by atoms with Crippen molar-refractivity contribution in [3.05, 3.63) is 12.4 Å². The maximum absolute atomic E-state index is 5.41. The largest absolute Gasteiger partial charge is 0.326 e. The first kappa shape index (κ1) is 9.85. The highest BCUT2D eigenvalue weighted by Crippen LogP contribution is 2.11. The van der Waals surface area contributed by atoms with Crippen molar-refractivity contribution in [3.8, 4) is 0 Å². The molecule has 0 bridgehead atoms. The summed E-state index contributed by atoms with van der Waals surface area (Å²) < 4.78 is 0. The SMILES string of the molecule is C=C(CN)c1nnn(C(C)(C)C)n1. The fourth-order valence-corrected chi connectivity index (χ4v) is 0.731. The minimum Gasteiger partial charge on any atom is -0.326 e. The lowest BCUT2D eigenvalue weighted by Crippen LogP contribution is -2.24. The van der Waals surface area contributed by atoms with E-state index in [1.165, 1.54) is 0 Å². The topological polar surface area (TPSA) is 69.6 Å². The number of hydrogen-bond donors (Lipinski definition) is 1. The standard InChI is InChI=1S/C8H15N5/c1-6(5-9)7-10-12-13(11-7)8(2,3)4/h1,5,9H2,2-4H3. The maximum Gasteiger partial charge on any atom is 0.201 e. The Hall–Kier alpha value is -1.23. The van der Waals surface area contributed by atoms with E-state index >= 15 is 0 Å². The van der Waals surface area contributed by atoms with E-state index in [1.807, 2.05) is 20.8 Å². The maximum atomic E-state index is 5.41. The summed E-state index contributed by atoms with van der Waals surface area (Å²) in [6.07, 6.45) is 0. The quantitative estimate of drug-likeness (QED) is 0.717. The van der Waals surface area contributed by atoms with Gasteiger partial charge < -0.3 is 5.73 Å². The number of nitrogens with zero attached hydrogens (tertiary/aromatic N) is 4. The van der Waals surface area contributed by atoms with Gasteiger partial charge in [-0.25, -0.2) is 0 Å². The van der Waals surface area contributed by atoms with Gasteiger partial charge in [-0.2, -0.15) is 4.80 Å². The first-order valence-corrected chi connectivity index (χ1v) is 4.14. The van der Waals surface area contributed by atoms with Crippen LogP contribution in [-0.2, 0) is 5.54 Å². The molecule has 0 atom stereocenters. The molecular weight excluding hydrogens is 166 g/mol. The molecule has 0 saturated carbocycles. The third-order valence-electron chi connectivity index (χ3n) is 1.58.